The highest BCUT2D eigenvalue weighted by molar-refractivity contribution is 7.85. The van der Waals surface area contributed by atoms with E-state index in [9.17, 15) is 9.00 Å². The molecule has 0 aliphatic rings. The summed E-state index contributed by atoms with van der Waals surface area (Å²) in [7, 11) is 0.289. The molecule has 0 aliphatic carbocycles. The van der Waals surface area contributed by atoms with Gasteiger partial charge in [0.2, 0.25) is 0 Å². The zero-order chi connectivity index (χ0) is 16.7. The molecule has 23 heavy (non-hydrogen) atoms. The van der Waals surface area contributed by atoms with Gasteiger partial charge in [-0.1, -0.05) is 29.8 Å². The van der Waals surface area contributed by atoms with Crippen molar-refractivity contribution in [2.24, 2.45) is 0 Å². The van der Waals surface area contributed by atoms with Crippen molar-refractivity contribution in [2.75, 3.05) is 19.5 Å². The second-order valence-electron chi connectivity index (χ2n) is 5.18. The van der Waals surface area contributed by atoms with Gasteiger partial charge in [-0.15, -0.1) is 0 Å². The van der Waals surface area contributed by atoms with E-state index in [2.05, 4.69) is 0 Å². The summed E-state index contributed by atoms with van der Waals surface area (Å²) < 4.78 is 22.6. The first-order chi connectivity index (χ1) is 11.1. The summed E-state index contributed by atoms with van der Waals surface area (Å²) >= 11 is 0. The maximum absolute atomic E-state index is 12.1. The Labute approximate surface area is 138 Å². The first-order valence-electron chi connectivity index (χ1n) is 7.26. The first-order valence-corrected chi connectivity index (χ1v) is 8.58. The standard InChI is InChI=1S/C18H20O4S/c1-14-3-9-18(10-4-14)23(20)13-16(19)12-22-11-15-5-7-17(21-2)8-6-15/h3-10H,11-13H2,1-2H3/t23-/m0/s1. The number of methoxy groups -OCH3 is 1. The van der Waals surface area contributed by atoms with Crippen molar-refractivity contribution in [1.82, 2.24) is 0 Å². The minimum absolute atomic E-state index is 0.0221. The van der Waals surface area contributed by atoms with Gasteiger partial charge in [-0.25, -0.2) is 0 Å². The number of rotatable bonds is 8. The van der Waals surface area contributed by atoms with E-state index in [0.717, 1.165) is 16.9 Å². The molecule has 2 rings (SSSR count). The lowest BCUT2D eigenvalue weighted by Crippen LogP contribution is -2.16. The molecule has 5 heteroatoms. The van der Waals surface area contributed by atoms with E-state index < -0.39 is 10.8 Å². The minimum atomic E-state index is -1.32. The van der Waals surface area contributed by atoms with E-state index in [1.54, 1.807) is 19.2 Å². The molecule has 0 bridgehead atoms. The monoisotopic (exact) mass is 332 g/mol. The molecule has 0 aliphatic heterocycles. The van der Waals surface area contributed by atoms with Crippen molar-refractivity contribution in [1.29, 1.82) is 0 Å². The van der Waals surface area contributed by atoms with Gasteiger partial charge in [0.15, 0.2) is 5.78 Å². The SMILES string of the molecule is COc1ccc(COCC(=O)C[S@](=O)c2ccc(C)cc2)cc1. The second kappa shape index (κ2) is 8.60. The number of hydrogen-bond donors (Lipinski definition) is 0. The van der Waals surface area contributed by atoms with E-state index in [0.29, 0.717) is 11.5 Å². The number of ketones is 1. The zero-order valence-electron chi connectivity index (χ0n) is 13.3. The summed E-state index contributed by atoms with van der Waals surface area (Å²) in [4.78, 5) is 12.5. The normalized spacial score (nSPS) is 11.9. The fourth-order valence-corrected chi connectivity index (χ4v) is 2.95. The summed E-state index contributed by atoms with van der Waals surface area (Å²) in [5, 5.41) is 0. The van der Waals surface area contributed by atoms with Crippen LogP contribution in [0.1, 0.15) is 11.1 Å². The van der Waals surface area contributed by atoms with E-state index in [4.69, 9.17) is 9.47 Å². The Morgan fingerprint density at radius 3 is 2.30 bits per heavy atom. The Morgan fingerprint density at radius 1 is 1.04 bits per heavy atom. The fraction of sp³-hybridized carbons (Fsp3) is 0.278. The predicted octanol–water partition coefficient (Wildman–Crippen LogP) is 2.90. The van der Waals surface area contributed by atoms with Crippen LogP contribution in [0.3, 0.4) is 0 Å². The Morgan fingerprint density at radius 2 is 1.70 bits per heavy atom. The number of hydrogen-bond acceptors (Lipinski definition) is 4. The molecule has 0 radical (unpaired) electrons. The molecule has 1 atom stereocenters. The van der Waals surface area contributed by atoms with Crippen molar-refractivity contribution < 1.29 is 18.5 Å². The second-order valence-corrected chi connectivity index (χ2v) is 6.63. The fourth-order valence-electron chi connectivity index (χ4n) is 1.97. The van der Waals surface area contributed by atoms with Crippen LogP contribution < -0.4 is 4.74 Å². The molecule has 0 spiro atoms. The maximum atomic E-state index is 12.1. The van der Waals surface area contributed by atoms with E-state index >= 15 is 0 Å². The quantitative estimate of drug-likeness (QED) is 0.746. The van der Waals surface area contributed by atoms with Crippen LogP contribution in [0.2, 0.25) is 0 Å². The van der Waals surface area contributed by atoms with Crippen molar-refractivity contribution in [3.8, 4) is 5.75 Å². The molecule has 0 amide bonds. The van der Waals surface area contributed by atoms with Crippen LogP contribution in [0.5, 0.6) is 5.75 Å². The molecule has 4 nitrogen and oxygen atoms in total. The summed E-state index contributed by atoms with van der Waals surface area (Å²) in [6.07, 6.45) is 0. The summed E-state index contributed by atoms with van der Waals surface area (Å²) in [5.41, 5.74) is 2.05. The van der Waals surface area contributed by atoms with Crippen LogP contribution in [0.15, 0.2) is 53.4 Å². The lowest BCUT2D eigenvalue weighted by atomic mass is 10.2. The van der Waals surface area contributed by atoms with Gasteiger partial charge in [0, 0.05) is 4.90 Å². The predicted molar refractivity (Wildman–Crippen MR) is 90.1 cm³/mol. The molecule has 0 aromatic heterocycles. The first kappa shape index (κ1) is 17.4. The molecular formula is C18H20O4S. The van der Waals surface area contributed by atoms with Gasteiger partial charge in [-0.3, -0.25) is 9.00 Å². The van der Waals surface area contributed by atoms with Crippen LogP contribution in [0, 0.1) is 6.92 Å². The molecule has 0 heterocycles. The lowest BCUT2D eigenvalue weighted by molar-refractivity contribution is -0.121. The Bertz CT molecular complexity index is 662. The van der Waals surface area contributed by atoms with Crippen LogP contribution in [0.4, 0.5) is 0 Å². The molecule has 0 unspecified atom stereocenters. The summed E-state index contributed by atoms with van der Waals surface area (Å²) in [6, 6.07) is 14.8. The third kappa shape index (κ3) is 5.62. The number of carbonyl (C=O) groups is 1. The molecule has 0 saturated carbocycles. The van der Waals surface area contributed by atoms with E-state index in [1.807, 2.05) is 43.3 Å². The number of Topliss-reactive ketones (excluding diaryl/α,β-unsaturated/α-hetero) is 1. The van der Waals surface area contributed by atoms with Crippen molar-refractivity contribution in [3.63, 3.8) is 0 Å². The highest BCUT2D eigenvalue weighted by Crippen LogP contribution is 2.12. The van der Waals surface area contributed by atoms with Crippen LogP contribution in [-0.2, 0) is 26.9 Å². The van der Waals surface area contributed by atoms with Gasteiger partial charge in [0.1, 0.15) is 12.4 Å². The lowest BCUT2D eigenvalue weighted by Gasteiger charge is -2.06. The average molecular weight is 332 g/mol. The van der Waals surface area contributed by atoms with Crippen LogP contribution in [-0.4, -0.2) is 29.5 Å². The van der Waals surface area contributed by atoms with Gasteiger partial charge >= 0.3 is 0 Å². The van der Waals surface area contributed by atoms with Crippen LogP contribution >= 0.6 is 0 Å². The van der Waals surface area contributed by atoms with Crippen molar-refractivity contribution in [3.05, 3.63) is 59.7 Å². The molecule has 2 aromatic carbocycles. The largest absolute Gasteiger partial charge is 0.497 e. The van der Waals surface area contributed by atoms with Gasteiger partial charge in [0.05, 0.1) is 30.3 Å². The number of carbonyl (C=O) groups excluding carboxylic acids is 1. The molecule has 0 saturated heterocycles. The van der Waals surface area contributed by atoms with E-state index in [-0.39, 0.29) is 18.1 Å². The van der Waals surface area contributed by atoms with E-state index in [1.165, 1.54) is 0 Å². The molecule has 0 fully saturated rings. The number of ether oxygens (including phenoxy) is 2. The zero-order valence-corrected chi connectivity index (χ0v) is 14.1. The van der Waals surface area contributed by atoms with Crippen molar-refractivity contribution in [2.45, 2.75) is 18.4 Å². The molecule has 2 aromatic rings. The molecular weight excluding hydrogens is 312 g/mol. The molecule has 0 N–H and O–H groups in total. The average Bonchev–Trinajstić information content (AvgIpc) is 2.56. The van der Waals surface area contributed by atoms with Gasteiger partial charge in [-0.2, -0.15) is 0 Å². The maximum Gasteiger partial charge on any atom is 0.171 e. The molecule has 122 valence electrons. The number of benzene rings is 2. The van der Waals surface area contributed by atoms with Gasteiger partial charge < -0.3 is 9.47 Å². The highest BCUT2D eigenvalue weighted by Gasteiger charge is 2.10. The smallest absolute Gasteiger partial charge is 0.171 e. The van der Waals surface area contributed by atoms with Crippen molar-refractivity contribution >= 4 is 16.6 Å². The Hall–Kier alpha value is -1.98. The summed E-state index contributed by atoms with van der Waals surface area (Å²) in [6.45, 7) is 2.27. The Balaban J connectivity index is 1.76. The van der Waals surface area contributed by atoms with Crippen LogP contribution in [0.25, 0.3) is 0 Å². The minimum Gasteiger partial charge on any atom is -0.497 e. The Kier molecular flexibility index (Phi) is 6.50. The number of aryl methyl sites for hydroxylation is 1. The topological polar surface area (TPSA) is 52.6 Å². The third-order valence-corrected chi connectivity index (χ3v) is 4.65. The van der Waals surface area contributed by atoms with Gasteiger partial charge in [-0.05, 0) is 36.8 Å². The third-order valence-electron chi connectivity index (χ3n) is 3.27. The van der Waals surface area contributed by atoms with Gasteiger partial charge in [0.25, 0.3) is 0 Å². The summed E-state index contributed by atoms with van der Waals surface area (Å²) in [5.74, 6) is 0.585. The highest BCUT2D eigenvalue weighted by atomic mass is 32.2.